The van der Waals surface area contributed by atoms with Crippen LogP contribution in [0.3, 0.4) is 0 Å². The molecule has 5 heterocycles. The van der Waals surface area contributed by atoms with Crippen molar-refractivity contribution < 1.29 is 9.53 Å². The molecule has 1 aromatic carbocycles. The number of hydrogen-bond donors (Lipinski definition) is 3. The number of nitrogens with one attached hydrogen (secondary N) is 3. The van der Waals surface area contributed by atoms with E-state index in [4.69, 9.17) is 9.72 Å². The van der Waals surface area contributed by atoms with Crippen LogP contribution in [0.5, 0.6) is 6.01 Å². The van der Waals surface area contributed by atoms with E-state index in [9.17, 15) is 4.79 Å². The molecule has 5 aromatic rings. The second-order valence-corrected chi connectivity index (χ2v) is 11.3. The standard InChI is InChI=1S/C32H39N11O2/c1-6-43(7-2)27-11-13-33-32(38-27)45-22-12-14-42(18-22)19-28(44)36-25-10-8-9-23-24(17-34-30(23)25)29-20(3)16-35-31(39-29)37-26-15-21(4)41(5)40-26/h8-11,13,15-17,22,34H,6-7,12,14,18-19H2,1-5H3,(H,36,44)(H,35,37,39,40). The van der Waals surface area contributed by atoms with Crippen LogP contribution < -0.4 is 20.3 Å². The van der Waals surface area contributed by atoms with Crippen molar-refractivity contribution in [1.82, 2.24) is 39.6 Å². The largest absolute Gasteiger partial charge is 0.459 e. The molecule has 13 heteroatoms. The van der Waals surface area contributed by atoms with Gasteiger partial charge in [-0.3, -0.25) is 14.4 Å². The lowest BCUT2D eigenvalue weighted by molar-refractivity contribution is -0.117. The minimum atomic E-state index is -0.0885. The average molecular weight is 610 g/mol. The Morgan fingerprint density at radius 2 is 2.00 bits per heavy atom. The molecule has 6 rings (SSSR count). The number of carbonyl (C=O) groups is 1. The molecule has 0 saturated carbocycles. The van der Waals surface area contributed by atoms with Crippen LogP contribution in [0.2, 0.25) is 0 Å². The van der Waals surface area contributed by atoms with Gasteiger partial charge in [-0.15, -0.1) is 0 Å². The molecule has 1 aliphatic rings. The smallest absolute Gasteiger partial charge is 0.318 e. The van der Waals surface area contributed by atoms with E-state index in [1.165, 1.54) is 0 Å². The summed E-state index contributed by atoms with van der Waals surface area (Å²) >= 11 is 0. The highest BCUT2D eigenvalue weighted by atomic mass is 16.5. The maximum absolute atomic E-state index is 13.2. The lowest BCUT2D eigenvalue weighted by Gasteiger charge is -2.20. The number of likely N-dealkylation sites (tertiary alicyclic amines) is 1. The van der Waals surface area contributed by atoms with Crippen LogP contribution in [-0.4, -0.2) is 84.3 Å². The quantitative estimate of drug-likeness (QED) is 0.197. The lowest BCUT2D eigenvalue weighted by atomic mass is 10.1. The zero-order valence-electron chi connectivity index (χ0n) is 26.3. The molecule has 13 nitrogen and oxygen atoms in total. The first-order valence-electron chi connectivity index (χ1n) is 15.3. The Kier molecular flexibility index (Phi) is 8.60. The van der Waals surface area contributed by atoms with Gasteiger partial charge in [-0.2, -0.15) is 10.1 Å². The summed E-state index contributed by atoms with van der Waals surface area (Å²) in [5.74, 6) is 1.91. The molecule has 1 amide bonds. The summed E-state index contributed by atoms with van der Waals surface area (Å²) in [4.78, 5) is 38.9. The van der Waals surface area contributed by atoms with Crippen LogP contribution in [0.4, 0.5) is 23.3 Å². The number of aromatic nitrogens is 7. The number of ether oxygens (including phenoxy) is 1. The van der Waals surface area contributed by atoms with Crippen molar-refractivity contribution in [3.63, 3.8) is 0 Å². The summed E-state index contributed by atoms with van der Waals surface area (Å²) < 4.78 is 7.90. The van der Waals surface area contributed by atoms with Crippen molar-refractivity contribution in [2.75, 3.05) is 48.3 Å². The Morgan fingerprint density at radius 1 is 1.16 bits per heavy atom. The molecule has 3 N–H and O–H groups in total. The fourth-order valence-electron chi connectivity index (χ4n) is 5.66. The lowest BCUT2D eigenvalue weighted by Crippen LogP contribution is -2.33. The van der Waals surface area contributed by atoms with Gasteiger partial charge in [0.25, 0.3) is 0 Å². The van der Waals surface area contributed by atoms with Crippen molar-refractivity contribution >= 4 is 40.1 Å². The van der Waals surface area contributed by atoms with Gasteiger partial charge in [-0.1, -0.05) is 12.1 Å². The second kappa shape index (κ2) is 12.9. The van der Waals surface area contributed by atoms with Crippen LogP contribution in [0, 0.1) is 13.8 Å². The van der Waals surface area contributed by atoms with Crippen molar-refractivity contribution in [3.05, 3.63) is 60.2 Å². The van der Waals surface area contributed by atoms with E-state index in [1.807, 2.05) is 57.4 Å². The zero-order chi connectivity index (χ0) is 31.5. The van der Waals surface area contributed by atoms with E-state index >= 15 is 0 Å². The molecule has 1 fully saturated rings. The Hall–Kier alpha value is -5.04. The van der Waals surface area contributed by atoms with Crippen LogP contribution in [0.1, 0.15) is 31.5 Å². The van der Waals surface area contributed by atoms with E-state index in [1.54, 1.807) is 17.1 Å². The highest BCUT2D eigenvalue weighted by Crippen LogP contribution is 2.33. The molecule has 1 aliphatic heterocycles. The van der Waals surface area contributed by atoms with Gasteiger partial charge >= 0.3 is 6.01 Å². The van der Waals surface area contributed by atoms with Gasteiger partial charge in [0.15, 0.2) is 5.82 Å². The van der Waals surface area contributed by atoms with Gasteiger partial charge in [0.05, 0.1) is 23.4 Å². The molecule has 1 unspecified atom stereocenters. The van der Waals surface area contributed by atoms with Crippen LogP contribution in [0.15, 0.2) is 48.9 Å². The first-order chi connectivity index (χ1) is 21.8. The fourth-order valence-corrected chi connectivity index (χ4v) is 5.66. The summed E-state index contributed by atoms with van der Waals surface area (Å²) in [5.41, 5.74) is 5.23. The number of nitrogens with zero attached hydrogens (tertiary/aromatic N) is 8. The van der Waals surface area contributed by atoms with Gasteiger partial charge in [0.2, 0.25) is 11.9 Å². The predicted molar refractivity (Wildman–Crippen MR) is 175 cm³/mol. The van der Waals surface area contributed by atoms with Crippen LogP contribution >= 0.6 is 0 Å². The Bertz CT molecular complexity index is 1790. The maximum atomic E-state index is 13.2. The van der Waals surface area contributed by atoms with Gasteiger partial charge in [-0.25, -0.2) is 15.0 Å². The molecule has 0 spiro atoms. The SMILES string of the molecule is CCN(CC)c1ccnc(OC2CCN(CC(=O)Nc3cccc4c(-c5nc(Nc6cc(C)n(C)n6)ncc5C)c[nH]c34)C2)n1. The molecule has 0 radical (unpaired) electrons. The third-order valence-electron chi connectivity index (χ3n) is 8.14. The van der Waals surface area contributed by atoms with Crippen LogP contribution in [-0.2, 0) is 11.8 Å². The number of fused-ring (bicyclic) bond motifs is 1. The van der Waals surface area contributed by atoms with E-state index in [0.29, 0.717) is 30.0 Å². The molecule has 0 aliphatic carbocycles. The van der Waals surface area contributed by atoms with Gasteiger partial charge < -0.3 is 25.3 Å². The van der Waals surface area contributed by atoms with E-state index in [0.717, 1.165) is 65.3 Å². The number of hydrogen-bond acceptors (Lipinski definition) is 10. The van der Waals surface area contributed by atoms with Crippen molar-refractivity contribution in [3.8, 4) is 17.3 Å². The summed E-state index contributed by atoms with van der Waals surface area (Å²) in [6.07, 6.45) is 6.18. The summed E-state index contributed by atoms with van der Waals surface area (Å²) in [7, 11) is 1.89. The normalized spacial score (nSPS) is 15.0. The topological polar surface area (TPSA) is 142 Å². The van der Waals surface area contributed by atoms with Crippen molar-refractivity contribution in [2.24, 2.45) is 7.05 Å². The number of H-pyrrole nitrogens is 1. The number of amides is 1. The second-order valence-electron chi connectivity index (χ2n) is 11.3. The third kappa shape index (κ3) is 6.58. The molecule has 234 valence electrons. The maximum Gasteiger partial charge on any atom is 0.318 e. The molecule has 4 aromatic heterocycles. The van der Waals surface area contributed by atoms with Gasteiger partial charge in [-0.05, 0) is 51.8 Å². The Morgan fingerprint density at radius 3 is 2.78 bits per heavy atom. The number of aryl methyl sites for hydroxylation is 3. The molecular weight excluding hydrogens is 570 g/mol. The van der Waals surface area contributed by atoms with Gasteiger partial charge in [0.1, 0.15) is 11.9 Å². The highest BCUT2D eigenvalue weighted by molar-refractivity contribution is 6.06. The fraction of sp³-hybridized carbons (Fsp3) is 0.375. The minimum Gasteiger partial charge on any atom is -0.459 e. The number of carbonyl (C=O) groups excluding carboxylic acids is 1. The molecule has 1 atom stereocenters. The number of aromatic amines is 1. The average Bonchev–Trinajstić information content (AvgIpc) is 3.74. The highest BCUT2D eigenvalue weighted by Gasteiger charge is 2.27. The molecule has 0 bridgehead atoms. The first-order valence-corrected chi connectivity index (χ1v) is 15.3. The third-order valence-corrected chi connectivity index (χ3v) is 8.14. The Balaban J connectivity index is 1.11. The zero-order valence-corrected chi connectivity index (χ0v) is 26.3. The summed E-state index contributed by atoms with van der Waals surface area (Å²) in [6, 6.07) is 10.1. The minimum absolute atomic E-state index is 0.0728. The van der Waals surface area contributed by atoms with E-state index < -0.39 is 0 Å². The molecule has 45 heavy (non-hydrogen) atoms. The first kappa shape index (κ1) is 30.0. The van der Waals surface area contributed by atoms with E-state index in [-0.39, 0.29) is 18.6 Å². The van der Waals surface area contributed by atoms with E-state index in [2.05, 4.69) is 59.3 Å². The number of benzene rings is 1. The molecule has 1 saturated heterocycles. The van der Waals surface area contributed by atoms with Crippen molar-refractivity contribution in [1.29, 1.82) is 0 Å². The number of anilines is 4. The monoisotopic (exact) mass is 609 g/mol. The van der Waals surface area contributed by atoms with Gasteiger partial charge in [0, 0.05) is 74.5 Å². The predicted octanol–water partition coefficient (Wildman–Crippen LogP) is 4.45. The van der Waals surface area contributed by atoms with Crippen LogP contribution in [0.25, 0.3) is 22.2 Å². The summed E-state index contributed by atoms with van der Waals surface area (Å²) in [6.45, 7) is 11.5. The van der Waals surface area contributed by atoms with Crippen molar-refractivity contribution in [2.45, 2.75) is 40.2 Å². The Labute approximate surface area is 262 Å². The number of rotatable bonds is 11. The molecular formula is C32H39N11O2. The summed E-state index contributed by atoms with van der Waals surface area (Å²) in [5, 5.41) is 11.7. The number of para-hydroxylation sites is 1.